The first-order valence-electron chi connectivity index (χ1n) is 8.55. The third-order valence-corrected chi connectivity index (χ3v) is 3.79. The SMILES string of the molecule is CC(C)[C@H](NC(=O)c1ccccc1)C(=O)OCC(=O)Nc1cc(F)ccc1F. The zero-order valence-electron chi connectivity index (χ0n) is 15.4. The number of anilines is 1. The van der Waals surface area contributed by atoms with Crippen molar-refractivity contribution in [2.75, 3.05) is 11.9 Å². The average Bonchev–Trinajstić information content (AvgIpc) is 2.67. The smallest absolute Gasteiger partial charge is 0.329 e. The fraction of sp³-hybridized carbons (Fsp3) is 0.250. The molecular weight excluding hydrogens is 370 g/mol. The first kappa shape index (κ1) is 21.0. The molecule has 0 aromatic heterocycles. The Bertz CT molecular complexity index is 857. The van der Waals surface area contributed by atoms with E-state index in [-0.39, 0.29) is 11.6 Å². The molecule has 0 aliphatic rings. The van der Waals surface area contributed by atoms with Gasteiger partial charge in [-0.05, 0) is 30.2 Å². The normalized spacial score (nSPS) is 11.6. The Labute approximate surface area is 160 Å². The van der Waals surface area contributed by atoms with Gasteiger partial charge in [-0.15, -0.1) is 0 Å². The Balaban J connectivity index is 1.93. The van der Waals surface area contributed by atoms with Crippen LogP contribution >= 0.6 is 0 Å². The van der Waals surface area contributed by atoms with Gasteiger partial charge >= 0.3 is 5.97 Å². The van der Waals surface area contributed by atoms with E-state index in [4.69, 9.17) is 4.74 Å². The average molecular weight is 390 g/mol. The fourth-order valence-corrected chi connectivity index (χ4v) is 2.32. The van der Waals surface area contributed by atoms with Gasteiger partial charge < -0.3 is 15.4 Å². The van der Waals surface area contributed by atoms with E-state index in [1.54, 1.807) is 44.2 Å². The predicted octanol–water partition coefficient (Wildman–Crippen LogP) is 2.90. The van der Waals surface area contributed by atoms with Crippen molar-refractivity contribution in [2.45, 2.75) is 19.9 Å². The Morgan fingerprint density at radius 1 is 1.04 bits per heavy atom. The standard InChI is InChI=1S/C20H20F2N2O4/c1-12(2)18(24-19(26)13-6-4-3-5-7-13)20(27)28-11-17(25)23-16-10-14(21)8-9-15(16)22/h3-10,12,18H,11H2,1-2H3,(H,23,25)(H,24,26)/t18-/m0/s1. The summed E-state index contributed by atoms with van der Waals surface area (Å²) in [6.07, 6.45) is 0. The number of rotatable bonds is 7. The molecule has 2 aromatic carbocycles. The van der Waals surface area contributed by atoms with Crippen molar-refractivity contribution in [2.24, 2.45) is 5.92 Å². The van der Waals surface area contributed by atoms with Gasteiger partial charge in [0.2, 0.25) is 0 Å². The van der Waals surface area contributed by atoms with E-state index in [1.165, 1.54) is 0 Å². The fourth-order valence-electron chi connectivity index (χ4n) is 2.32. The van der Waals surface area contributed by atoms with Crippen LogP contribution in [0.3, 0.4) is 0 Å². The van der Waals surface area contributed by atoms with Gasteiger partial charge in [0.1, 0.15) is 17.7 Å². The molecular formula is C20H20F2N2O4. The number of nitrogens with one attached hydrogen (secondary N) is 2. The highest BCUT2D eigenvalue weighted by Crippen LogP contribution is 2.15. The zero-order chi connectivity index (χ0) is 20.7. The van der Waals surface area contributed by atoms with Crippen LogP contribution in [0, 0.1) is 17.6 Å². The monoisotopic (exact) mass is 390 g/mol. The van der Waals surface area contributed by atoms with Crippen molar-refractivity contribution < 1.29 is 27.9 Å². The maximum atomic E-state index is 13.5. The Morgan fingerprint density at radius 2 is 1.71 bits per heavy atom. The summed E-state index contributed by atoms with van der Waals surface area (Å²) in [4.78, 5) is 36.4. The Kier molecular flexibility index (Phi) is 7.20. The molecule has 0 saturated heterocycles. The zero-order valence-corrected chi connectivity index (χ0v) is 15.4. The lowest BCUT2D eigenvalue weighted by Gasteiger charge is -2.20. The van der Waals surface area contributed by atoms with Crippen LogP contribution in [0.5, 0.6) is 0 Å². The minimum atomic E-state index is -0.980. The van der Waals surface area contributed by atoms with Gasteiger partial charge in [0.05, 0.1) is 5.69 Å². The quantitative estimate of drug-likeness (QED) is 0.712. The van der Waals surface area contributed by atoms with Crippen LogP contribution in [-0.2, 0) is 14.3 Å². The molecule has 8 heteroatoms. The number of amides is 2. The summed E-state index contributed by atoms with van der Waals surface area (Å²) in [6, 6.07) is 9.93. The van der Waals surface area contributed by atoms with Crippen LogP contribution in [0.1, 0.15) is 24.2 Å². The van der Waals surface area contributed by atoms with Crippen molar-refractivity contribution in [3.05, 3.63) is 65.7 Å². The first-order valence-corrected chi connectivity index (χ1v) is 8.55. The number of carbonyl (C=O) groups excluding carboxylic acids is 3. The summed E-state index contributed by atoms with van der Waals surface area (Å²) < 4.78 is 31.6. The molecule has 0 radical (unpaired) electrons. The van der Waals surface area contributed by atoms with E-state index in [0.29, 0.717) is 5.56 Å². The molecule has 2 aromatic rings. The second-order valence-corrected chi connectivity index (χ2v) is 6.34. The molecule has 0 fully saturated rings. The second-order valence-electron chi connectivity index (χ2n) is 6.34. The summed E-state index contributed by atoms with van der Waals surface area (Å²) in [5.74, 6) is -3.95. The summed E-state index contributed by atoms with van der Waals surface area (Å²) in [7, 11) is 0. The van der Waals surface area contributed by atoms with Crippen LogP contribution in [-0.4, -0.2) is 30.4 Å². The van der Waals surface area contributed by atoms with Crippen LogP contribution in [0.25, 0.3) is 0 Å². The number of benzene rings is 2. The molecule has 0 heterocycles. The third-order valence-electron chi connectivity index (χ3n) is 3.79. The lowest BCUT2D eigenvalue weighted by atomic mass is 10.0. The first-order chi connectivity index (χ1) is 13.3. The van der Waals surface area contributed by atoms with Crippen LogP contribution in [0.2, 0.25) is 0 Å². The molecule has 2 N–H and O–H groups in total. The van der Waals surface area contributed by atoms with Crippen LogP contribution < -0.4 is 10.6 Å². The number of carbonyl (C=O) groups is 3. The van der Waals surface area contributed by atoms with Crippen LogP contribution in [0.15, 0.2) is 48.5 Å². The maximum absolute atomic E-state index is 13.5. The summed E-state index contributed by atoms with van der Waals surface area (Å²) in [5, 5.41) is 4.69. The summed E-state index contributed by atoms with van der Waals surface area (Å²) in [5.41, 5.74) is 0.0131. The van der Waals surface area contributed by atoms with Gasteiger partial charge in [0.25, 0.3) is 11.8 Å². The topological polar surface area (TPSA) is 84.5 Å². The van der Waals surface area contributed by atoms with Crippen molar-refractivity contribution in [3.63, 3.8) is 0 Å². The number of halogens is 2. The largest absolute Gasteiger partial charge is 0.454 e. The highest BCUT2D eigenvalue weighted by Gasteiger charge is 2.26. The van der Waals surface area contributed by atoms with Gasteiger partial charge in [-0.2, -0.15) is 0 Å². The van der Waals surface area contributed by atoms with Crippen molar-refractivity contribution >= 4 is 23.5 Å². The molecule has 0 aliphatic carbocycles. The van der Waals surface area contributed by atoms with Gasteiger partial charge in [-0.3, -0.25) is 9.59 Å². The predicted molar refractivity (Wildman–Crippen MR) is 98.5 cm³/mol. The number of hydrogen-bond donors (Lipinski definition) is 2. The minimum absolute atomic E-state index is 0.302. The van der Waals surface area contributed by atoms with E-state index < -0.39 is 42.1 Å². The summed E-state index contributed by atoms with van der Waals surface area (Å²) >= 11 is 0. The van der Waals surface area contributed by atoms with Crippen molar-refractivity contribution in [3.8, 4) is 0 Å². The molecule has 1 atom stereocenters. The number of hydrogen-bond acceptors (Lipinski definition) is 4. The van der Waals surface area contributed by atoms with Crippen LogP contribution in [0.4, 0.5) is 14.5 Å². The molecule has 0 saturated carbocycles. The summed E-state index contributed by atoms with van der Waals surface area (Å²) in [6.45, 7) is 2.71. The van der Waals surface area contributed by atoms with Gasteiger partial charge in [0.15, 0.2) is 6.61 Å². The number of ether oxygens (including phenoxy) is 1. The molecule has 148 valence electrons. The molecule has 0 bridgehead atoms. The molecule has 0 unspecified atom stereocenters. The lowest BCUT2D eigenvalue weighted by Crippen LogP contribution is -2.45. The van der Waals surface area contributed by atoms with Gasteiger partial charge in [-0.1, -0.05) is 32.0 Å². The molecule has 0 spiro atoms. The van der Waals surface area contributed by atoms with Gasteiger partial charge in [0, 0.05) is 11.6 Å². The van der Waals surface area contributed by atoms with Crippen molar-refractivity contribution in [1.29, 1.82) is 0 Å². The molecule has 2 rings (SSSR count). The van der Waals surface area contributed by atoms with E-state index >= 15 is 0 Å². The Hall–Kier alpha value is -3.29. The van der Waals surface area contributed by atoms with E-state index in [0.717, 1.165) is 18.2 Å². The number of esters is 1. The van der Waals surface area contributed by atoms with Gasteiger partial charge in [-0.25, -0.2) is 13.6 Å². The molecule has 28 heavy (non-hydrogen) atoms. The van der Waals surface area contributed by atoms with Crippen molar-refractivity contribution in [1.82, 2.24) is 5.32 Å². The van der Waals surface area contributed by atoms with E-state index in [1.807, 2.05) is 0 Å². The minimum Gasteiger partial charge on any atom is -0.454 e. The highest BCUT2D eigenvalue weighted by atomic mass is 19.1. The lowest BCUT2D eigenvalue weighted by molar-refractivity contribution is -0.150. The highest BCUT2D eigenvalue weighted by molar-refractivity contribution is 5.97. The molecule has 2 amide bonds. The Morgan fingerprint density at radius 3 is 2.36 bits per heavy atom. The van der Waals surface area contributed by atoms with E-state index in [2.05, 4.69) is 10.6 Å². The molecule has 6 nitrogen and oxygen atoms in total. The molecule has 0 aliphatic heterocycles. The third kappa shape index (κ3) is 5.87. The second kappa shape index (κ2) is 9.59. The maximum Gasteiger partial charge on any atom is 0.329 e. The van der Waals surface area contributed by atoms with E-state index in [9.17, 15) is 23.2 Å².